The number of H-pyrrole nitrogens is 1. The van der Waals surface area contributed by atoms with Crippen LogP contribution in [0.25, 0.3) is 16.8 Å². The summed E-state index contributed by atoms with van der Waals surface area (Å²) in [5.41, 5.74) is 1.82. The molecular formula is C16H13ClN6OS. The molecule has 0 fully saturated rings. The highest BCUT2D eigenvalue weighted by molar-refractivity contribution is 8.00. The van der Waals surface area contributed by atoms with Gasteiger partial charge in [0.05, 0.1) is 21.3 Å². The molecule has 0 saturated carbocycles. The molecule has 9 heteroatoms. The van der Waals surface area contributed by atoms with Gasteiger partial charge < -0.3 is 5.32 Å². The number of aromatic amines is 1. The summed E-state index contributed by atoms with van der Waals surface area (Å²) in [6, 6.07) is 11.1. The second-order valence-electron chi connectivity index (χ2n) is 5.38. The van der Waals surface area contributed by atoms with Crippen LogP contribution in [0.1, 0.15) is 6.92 Å². The summed E-state index contributed by atoms with van der Waals surface area (Å²) in [5, 5.41) is 10.8. The standard InChI is InChI=1S/C16H13ClN6OS/c1-9(14(24)20-13-7-6-10(17)8-18-13)25-16-22-21-15-19-11-4-2-3-5-12(11)23(15)16/h2-9H,1H3,(H,19,21)(H,18,20,24)/t9-/m0/s1. The third kappa shape index (κ3) is 3.06. The molecule has 1 amide bonds. The van der Waals surface area contributed by atoms with Crippen molar-refractivity contribution in [1.29, 1.82) is 0 Å². The SMILES string of the molecule is C[C@H](Sc1n[nH]c2nc3ccccc3n12)C(=O)Nc1ccc(Cl)cn1. The van der Waals surface area contributed by atoms with Gasteiger partial charge in [0.2, 0.25) is 11.7 Å². The molecule has 0 aliphatic carbocycles. The van der Waals surface area contributed by atoms with Crippen molar-refractivity contribution in [3.05, 3.63) is 47.6 Å². The van der Waals surface area contributed by atoms with Crippen molar-refractivity contribution in [1.82, 2.24) is 24.6 Å². The fourth-order valence-corrected chi connectivity index (χ4v) is 3.39. The highest BCUT2D eigenvalue weighted by atomic mass is 35.5. The lowest BCUT2D eigenvalue weighted by molar-refractivity contribution is -0.115. The first-order valence-electron chi connectivity index (χ1n) is 7.52. The van der Waals surface area contributed by atoms with E-state index in [0.29, 0.717) is 21.8 Å². The lowest BCUT2D eigenvalue weighted by Gasteiger charge is -2.10. The molecule has 0 saturated heterocycles. The van der Waals surface area contributed by atoms with Gasteiger partial charge in [0.25, 0.3) is 0 Å². The van der Waals surface area contributed by atoms with E-state index in [2.05, 4.69) is 25.5 Å². The molecule has 0 unspecified atom stereocenters. The minimum atomic E-state index is -0.370. The maximum atomic E-state index is 12.4. The number of amides is 1. The number of hydrogen-bond acceptors (Lipinski definition) is 5. The van der Waals surface area contributed by atoms with Crippen LogP contribution in [-0.4, -0.2) is 35.7 Å². The zero-order valence-electron chi connectivity index (χ0n) is 13.1. The predicted octanol–water partition coefficient (Wildman–Crippen LogP) is 3.38. The third-order valence-corrected chi connectivity index (χ3v) is 4.91. The molecule has 126 valence electrons. The summed E-state index contributed by atoms with van der Waals surface area (Å²) in [6.45, 7) is 1.82. The minimum absolute atomic E-state index is 0.166. The smallest absolute Gasteiger partial charge is 0.238 e. The molecule has 25 heavy (non-hydrogen) atoms. The topological polar surface area (TPSA) is 88.0 Å². The number of benzene rings is 1. The van der Waals surface area contributed by atoms with E-state index in [1.165, 1.54) is 18.0 Å². The van der Waals surface area contributed by atoms with E-state index >= 15 is 0 Å². The van der Waals surface area contributed by atoms with Crippen molar-refractivity contribution in [3.8, 4) is 0 Å². The molecular weight excluding hydrogens is 360 g/mol. The van der Waals surface area contributed by atoms with Crippen molar-refractivity contribution >= 4 is 51.9 Å². The lowest BCUT2D eigenvalue weighted by atomic mass is 10.3. The first-order chi connectivity index (χ1) is 12.1. The Hall–Kier alpha value is -2.58. The van der Waals surface area contributed by atoms with Gasteiger partial charge in [-0.05, 0) is 31.2 Å². The summed E-state index contributed by atoms with van der Waals surface area (Å²) in [7, 11) is 0. The molecule has 0 radical (unpaired) electrons. The van der Waals surface area contributed by atoms with Crippen LogP contribution in [0.2, 0.25) is 5.02 Å². The van der Waals surface area contributed by atoms with E-state index in [-0.39, 0.29) is 11.2 Å². The number of halogens is 1. The molecule has 0 aliphatic rings. The van der Waals surface area contributed by atoms with Crippen molar-refractivity contribution in [2.75, 3.05) is 5.32 Å². The molecule has 1 aromatic carbocycles. The number of anilines is 1. The van der Waals surface area contributed by atoms with Gasteiger partial charge in [0.1, 0.15) is 5.82 Å². The van der Waals surface area contributed by atoms with Crippen LogP contribution in [-0.2, 0) is 4.79 Å². The number of hydrogen-bond donors (Lipinski definition) is 2. The first-order valence-corrected chi connectivity index (χ1v) is 8.78. The fourth-order valence-electron chi connectivity index (χ4n) is 2.41. The Morgan fingerprint density at radius 2 is 2.16 bits per heavy atom. The van der Waals surface area contributed by atoms with Crippen LogP contribution in [0, 0.1) is 0 Å². The van der Waals surface area contributed by atoms with E-state index in [0.717, 1.165) is 11.0 Å². The largest absolute Gasteiger partial charge is 0.310 e. The Balaban J connectivity index is 1.56. The van der Waals surface area contributed by atoms with Gasteiger partial charge in [-0.15, -0.1) is 5.10 Å². The van der Waals surface area contributed by atoms with Crippen LogP contribution in [0.15, 0.2) is 47.8 Å². The normalized spacial score (nSPS) is 12.6. The second-order valence-corrected chi connectivity index (χ2v) is 7.12. The van der Waals surface area contributed by atoms with Crippen molar-refractivity contribution in [2.45, 2.75) is 17.3 Å². The maximum Gasteiger partial charge on any atom is 0.238 e. The molecule has 2 N–H and O–H groups in total. The summed E-state index contributed by atoms with van der Waals surface area (Å²) in [4.78, 5) is 20.9. The van der Waals surface area contributed by atoms with Crippen LogP contribution in [0.4, 0.5) is 5.82 Å². The molecule has 4 rings (SSSR count). The number of pyridine rings is 1. The zero-order valence-corrected chi connectivity index (χ0v) is 14.7. The molecule has 7 nitrogen and oxygen atoms in total. The third-order valence-electron chi connectivity index (χ3n) is 3.63. The van der Waals surface area contributed by atoms with Gasteiger partial charge >= 0.3 is 0 Å². The number of carbonyl (C=O) groups excluding carboxylic acids is 1. The van der Waals surface area contributed by atoms with Crippen LogP contribution < -0.4 is 5.32 Å². The second kappa shape index (κ2) is 6.38. The Bertz CT molecular complexity index is 1060. The average Bonchev–Trinajstić information content (AvgIpc) is 3.16. The molecule has 0 bridgehead atoms. The predicted molar refractivity (Wildman–Crippen MR) is 98.0 cm³/mol. The Morgan fingerprint density at radius 1 is 1.32 bits per heavy atom. The molecule has 0 aliphatic heterocycles. The molecule has 3 aromatic heterocycles. The average molecular weight is 373 g/mol. The van der Waals surface area contributed by atoms with E-state index in [1.807, 2.05) is 35.6 Å². The first kappa shape index (κ1) is 15.9. The van der Waals surface area contributed by atoms with Gasteiger partial charge in [-0.1, -0.05) is 35.5 Å². The lowest BCUT2D eigenvalue weighted by Crippen LogP contribution is -2.23. The number of imidazole rings is 1. The van der Waals surface area contributed by atoms with E-state index in [9.17, 15) is 4.79 Å². The van der Waals surface area contributed by atoms with E-state index < -0.39 is 0 Å². The Morgan fingerprint density at radius 3 is 2.96 bits per heavy atom. The molecule has 4 aromatic rings. The van der Waals surface area contributed by atoms with Gasteiger partial charge in [-0.3, -0.25) is 9.20 Å². The number of nitrogens with one attached hydrogen (secondary N) is 2. The van der Waals surface area contributed by atoms with E-state index in [1.54, 1.807) is 12.1 Å². The monoisotopic (exact) mass is 372 g/mol. The van der Waals surface area contributed by atoms with Gasteiger partial charge in [0, 0.05) is 6.20 Å². The number of nitrogens with zero attached hydrogens (tertiary/aromatic N) is 4. The summed E-state index contributed by atoms with van der Waals surface area (Å²) in [6.07, 6.45) is 1.49. The molecule has 0 spiro atoms. The Kier molecular flexibility index (Phi) is 4.06. The highest BCUT2D eigenvalue weighted by Gasteiger charge is 2.20. The van der Waals surface area contributed by atoms with Gasteiger partial charge in [-0.2, -0.15) is 0 Å². The van der Waals surface area contributed by atoms with Crippen molar-refractivity contribution in [2.24, 2.45) is 0 Å². The highest BCUT2D eigenvalue weighted by Crippen LogP contribution is 2.26. The quantitative estimate of drug-likeness (QED) is 0.536. The van der Waals surface area contributed by atoms with Crippen LogP contribution >= 0.6 is 23.4 Å². The maximum absolute atomic E-state index is 12.4. The van der Waals surface area contributed by atoms with Crippen LogP contribution in [0.3, 0.4) is 0 Å². The summed E-state index contributed by atoms with van der Waals surface area (Å²) >= 11 is 7.14. The number of carbonyl (C=O) groups is 1. The number of thioether (sulfide) groups is 1. The van der Waals surface area contributed by atoms with Crippen molar-refractivity contribution < 1.29 is 4.79 Å². The number of fused-ring (bicyclic) bond motifs is 3. The number of rotatable bonds is 4. The van der Waals surface area contributed by atoms with E-state index in [4.69, 9.17) is 11.6 Å². The van der Waals surface area contributed by atoms with Gasteiger partial charge in [-0.25, -0.2) is 15.1 Å². The molecule has 1 atom stereocenters. The molecule has 3 heterocycles. The summed E-state index contributed by atoms with van der Waals surface area (Å²) < 4.78 is 1.91. The van der Waals surface area contributed by atoms with Gasteiger partial charge in [0.15, 0.2) is 5.16 Å². The zero-order chi connectivity index (χ0) is 17.4. The minimum Gasteiger partial charge on any atom is -0.310 e. The fraction of sp³-hybridized carbons (Fsp3) is 0.125. The van der Waals surface area contributed by atoms with Crippen molar-refractivity contribution in [3.63, 3.8) is 0 Å². The Labute approximate surface area is 151 Å². The number of aromatic nitrogens is 5. The van der Waals surface area contributed by atoms with Crippen LogP contribution in [0.5, 0.6) is 0 Å². The summed E-state index contributed by atoms with van der Waals surface area (Å²) in [5.74, 6) is 0.943. The number of para-hydroxylation sites is 2.